The first kappa shape index (κ1) is 13.5. The van der Waals surface area contributed by atoms with Crippen LogP contribution >= 0.6 is 0 Å². The molecule has 2 aromatic carbocycles. The van der Waals surface area contributed by atoms with Gasteiger partial charge in [-0.25, -0.2) is 0 Å². The van der Waals surface area contributed by atoms with Gasteiger partial charge in [0.1, 0.15) is 5.75 Å². The number of hydrogen-bond acceptors (Lipinski definition) is 3. The third-order valence-electron chi connectivity index (χ3n) is 2.62. The zero-order valence-electron chi connectivity index (χ0n) is 10.8. The van der Waals surface area contributed by atoms with Gasteiger partial charge in [0.15, 0.2) is 0 Å². The molecule has 6 heteroatoms. The molecule has 0 spiro atoms. The summed E-state index contributed by atoms with van der Waals surface area (Å²) in [6.07, 6.45) is 0. The fourth-order valence-corrected chi connectivity index (χ4v) is 1.64. The van der Waals surface area contributed by atoms with Crippen LogP contribution in [-0.4, -0.2) is 13.0 Å². The standard InChI is InChI=1S/C14H12N4O2/c1-20-13-7-5-11(6-8-13)16-14(19)10-3-2-4-12(9-10)17-18-15/h2-9H,1H3,(H,16,19). The zero-order chi connectivity index (χ0) is 14.4. The van der Waals surface area contributed by atoms with Gasteiger partial charge in [0.05, 0.1) is 7.11 Å². The van der Waals surface area contributed by atoms with Crippen molar-refractivity contribution in [3.05, 3.63) is 64.5 Å². The SMILES string of the molecule is COc1ccc(NC(=O)c2cccc(N=[N+]=[N-])c2)cc1. The summed E-state index contributed by atoms with van der Waals surface area (Å²) in [7, 11) is 1.58. The van der Waals surface area contributed by atoms with E-state index in [2.05, 4.69) is 15.3 Å². The number of nitrogens with zero attached hydrogens (tertiary/aromatic N) is 3. The molecule has 0 aliphatic rings. The molecule has 1 N–H and O–H groups in total. The predicted molar refractivity (Wildman–Crippen MR) is 76.2 cm³/mol. The van der Waals surface area contributed by atoms with E-state index in [1.165, 1.54) is 6.07 Å². The fourth-order valence-electron chi connectivity index (χ4n) is 1.64. The maximum atomic E-state index is 12.0. The Bertz CT molecular complexity index is 661. The highest BCUT2D eigenvalue weighted by atomic mass is 16.5. The molecule has 0 atom stereocenters. The number of azide groups is 1. The second-order valence-corrected chi connectivity index (χ2v) is 3.92. The molecule has 0 unspecified atom stereocenters. The van der Waals surface area contributed by atoms with E-state index >= 15 is 0 Å². The van der Waals surface area contributed by atoms with E-state index in [-0.39, 0.29) is 5.91 Å². The molecule has 0 aromatic heterocycles. The van der Waals surface area contributed by atoms with Gasteiger partial charge in [-0.3, -0.25) is 4.79 Å². The predicted octanol–water partition coefficient (Wildman–Crippen LogP) is 3.89. The van der Waals surface area contributed by atoms with E-state index in [4.69, 9.17) is 10.3 Å². The van der Waals surface area contributed by atoms with Crippen molar-refractivity contribution in [2.45, 2.75) is 0 Å². The monoisotopic (exact) mass is 268 g/mol. The second kappa shape index (κ2) is 6.26. The fraction of sp³-hybridized carbons (Fsp3) is 0.0714. The molecule has 0 aliphatic carbocycles. The smallest absolute Gasteiger partial charge is 0.255 e. The van der Waals surface area contributed by atoms with Gasteiger partial charge in [-0.15, -0.1) is 0 Å². The quantitative estimate of drug-likeness (QED) is 0.518. The number of methoxy groups -OCH3 is 1. The summed E-state index contributed by atoms with van der Waals surface area (Å²) < 4.78 is 5.04. The molecule has 2 aromatic rings. The molecule has 0 aliphatic heterocycles. The Hall–Kier alpha value is -2.98. The lowest BCUT2D eigenvalue weighted by Gasteiger charge is -2.06. The van der Waals surface area contributed by atoms with Crippen LogP contribution in [0.3, 0.4) is 0 Å². The van der Waals surface area contributed by atoms with Crippen LogP contribution in [0.2, 0.25) is 0 Å². The molecular formula is C14H12N4O2. The lowest BCUT2D eigenvalue weighted by atomic mass is 10.2. The molecule has 2 rings (SSSR count). The van der Waals surface area contributed by atoms with Crippen molar-refractivity contribution in [3.8, 4) is 5.75 Å². The molecule has 0 radical (unpaired) electrons. The summed E-state index contributed by atoms with van der Waals surface area (Å²) in [5.74, 6) is 0.443. The number of nitrogens with one attached hydrogen (secondary N) is 1. The van der Waals surface area contributed by atoms with Crippen LogP contribution in [0.5, 0.6) is 5.75 Å². The van der Waals surface area contributed by atoms with Crippen molar-refractivity contribution in [1.29, 1.82) is 0 Å². The van der Waals surface area contributed by atoms with Crippen molar-refractivity contribution in [3.63, 3.8) is 0 Å². The molecule has 6 nitrogen and oxygen atoms in total. The third kappa shape index (κ3) is 3.28. The summed E-state index contributed by atoms with van der Waals surface area (Å²) in [6, 6.07) is 13.5. The highest BCUT2D eigenvalue weighted by Crippen LogP contribution is 2.18. The van der Waals surface area contributed by atoms with Crippen LogP contribution in [-0.2, 0) is 0 Å². The number of amides is 1. The third-order valence-corrected chi connectivity index (χ3v) is 2.62. The van der Waals surface area contributed by atoms with Crippen molar-refractivity contribution in [2.24, 2.45) is 5.11 Å². The van der Waals surface area contributed by atoms with Crippen LogP contribution in [0, 0.1) is 0 Å². The summed E-state index contributed by atoms with van der Waals surface area (Å²) in [6.45, 7) is 0. The van der Waals surface area contributed by atoms with E-state index in [0.717, 1.165) is 0 Å². The highest BCUT2D eigenvalue weighted by molar-refractivity contribution is 6.04. The molecule has 0 bridgehead atoms. The van der Waals surface area contributed by atoms with Crippen molar-refractivity contribution < 1.29 is 9.53 Å². The molecule has 0 saturated heterocycles. The van der Waals surface area contributed by atoms with Crippen LogP contribution in [0.1, 0.15) is 10.4 Å². The van der Waals surface area contributed by atoms with Gasteiger partial charge < -0.3 is 10.1 Å². The van der Waals surface area contributed by atoms with Crippen LogP contribution in [0.15, 0.2) is 53.6 Å². The number of benzene rings is 2. The Morgan fingerprint density at radius 2 is 2.00 bits per heavy atom. The lowest BCUT2D eigenvalue weighted by molar-refractivity contribution is 0.102. The van der Waals surface area contributed by atoms with Crippen molar-refractivity contribution >= 4 is 17.3 Å². The number of anilines is 1. The van der Waals surface area contributed by atoms with Gasteiger partial charge >= 0.3 is 0 Å². The molecule has 0 saturated carbocycles. The zero-order valence-corrected chi connectivity index (χ0v) is 10.8. The largest absolute Gasteiger partial charge is 0.497 e. The Morgan fingerprint density at radius 3 is 2.65 bits per heavy atom. The summed E-state index contributed by atoms with van der Waals surface area (Å²) in [5.41, 5.74) is 9.86. The van der Waals surface area contributed by atoms with E-state index in [1.54, 1.807) is 49.6 Å². The average Bonchev–Trinajstić information content (AvgIpc) is 2.48. The van der Waals surface area contributed by atoms with Crippen molar-refractivity contribution in [2.75, 3.05) is 12.4 Å². The summed E-state index contributed by atoms with van der Waals surface area (Å²) >= 11 is 0. The summed E-state index contributed by atoms with van der Waals surface area (Å²) in [4.78, 5) is 14.7. The Morgan fingerprint density at radius 1 is 1.25 bits per heavy atom. The number of carbonyl (C=O) groups is 1. The van der Waals surface area contributed by atoms with Gasteiger partial charge in [0.2, 0.25) is 0 Å². The van der Waals surface area contributed by atoms with E-state index in [1.807, 2.05) is 0 Å². The number of hydrogen-bond donors (Lipinski definition) is 1. The Balaban J connectivity index is 2.14. The minimum Gasteiger partial charge on any atom is -0.497 e. The molecular weight excluding hydrogens is 256 g/mol. The van der Waals surface area contributed by atoms with E-state index in [9.17, 15) is 4.79 Å². The average molecular weight is 268 g/mol. The lowest BCUT2D eigenvalue weighted by Crippen LogP contribution is -2.11. The van der Waals surface area contributed by atoms with Crippen LogP contribution in [0.25, 0.3) is 10.4 Å². The van der Waals surface area contributed by atoms with Gasteiger partial charge in [0.25, 0.3) is 5.91 Å². The second-order valence-electron chi connectivity index (χ2n) is 3.92. The Labute approximate surface area is 115 Å². The van der Waals surface area contributed by atoms with Crippen molar-refractivity contribution in [1.82, 2.24) is 0 Å². The molecule has 20 heavy (non-hydrogen) atoms. The molecule has 0 fully saturated rings. The van der Waals surface area contributed by atoms with Gasteiger partial charge in [-0.1, -0.05) is 17.2 Å². The van der Waals surface area contributed by atoms with Crippen LogP contribution in [0.4, 0.5) is 11.4 Å². The minimum atomic E-state index is -0.273. The minimum absolute atomic E-state index is 0.273. The molecule has 0 heterocycles. The highest BCUT2D eigenvalue weighted by Gasteiger charge is 2.06. The number of carbonyl (C=O) groups excluding carboxylic acids is 1. The number of rotatable bonds is 4. The molecule has 100 valence electrons. The first-order chi connectivity index (χ1) is 9.72. The maximum absolute atomic E-state index is 12.0. The number of ether oxygens (including phenoxy) is 1. The summed E-state index contributed by atoms with van der Waals surface area (Å²) in [5, 5.41) is 6.21. The topological polar surface area (TPSA) is 87.1 Å². The van der Waals surface area contributed by atoms with Gasteiger partial charge in [-0.2, -0.15) is 0 Å². The van der Waals surface area contributed by atoms with Gasteiger partial charge in [-0.05, 0) is 41.9 Å². The maximum Gasteiger partial charge on any atom is 0.255 e. The van der Waals surface area contributed by atoms with Gasteiger partial charge in [0, 0.05) is 21.8 Å². The Kier molecular flexibility index (Phi) is 4.21. The van der Waals surface area contributed by atoms with E-state index < -0.39 is 0 Å². The van der Waals surface area contributed by atoms with E-state index in [0.29, 0.717) is 22.7 Å². The molecule has 1 amide bonds. The normalized spacial score (nSPS) is 9.45. The van der Waals surface area contributed by atoms with Crippen LogP contribution < -0.4 is 10.1 Å². The first-order valence-corrected chi connectivity index (χ1v) is 5.83. The first-order valence-electron chi connectivity index (χ1n) is 5.83.